The van der Waals surface area contributed by atoms with Gasteiger partial charge in [-0.05, 0) is 55.8 Å². The van der Waals surface area contributed by atoms with Crippen molar-refractivity contribution in [2.24, 2.45) is 0 Å². The fourth-order valence-electron chi connectivity index (χ4n) is 1.93. The molecule has 1 amide bonds. The van der Waals surface area contributed by atoms with Gasteiger partial charge < -0.3 is 10.1 Å². The molecule has 106 valence electrons. The lowest BCUT2D eigenvalue weighted by atomic mass is 10.1. The molecule has 2 rings (SSSR count). The molecule has 20 heavy (non-hydrogen) atoms. The van der Waals surface area contributed by atoms with Crippen molar-refractivity contribution in [3.8, 4) is 5.75 Å². The van der Waals surface area contributed by atoms with E-state index in [0.717, 1.165) is 15.2 Å². The molecule has 4 heteroatoms. The van der Waals surface area contributed by atoms with Crippen LogP contribution in [0.3, 0.4) is 0 Å². The quantitative estimate of drug-likeness (QED) is 0.920. The average Bonchev–Trinajstić information content (AvgIpc) is 2.38. The van der Waals surface area contributed by atoms with Gasteiger partial charge in [0.2, 0.25) is 0 Å². The molecule has 0 aliphatic carbocycles. The highest BCUT2D eigenvalue weighted by Gasteiger charge is 2.15. The lowest BCUT2D eigenvalue weighted by molar-refractivity contribution is -0.127. The SMILES string of the molecule is CC(C)NC(=O)C(C)Oc1ccc2cc(Br)ccc2c1. The van der Waals surface area contributed by atoms with Gasteiger partial charge >= 0.3 is 0 Å². The van der Waals surface area contributed by atoms with Crippen molar-refractivity contribution in [1.29, 1.82) is 0 Å². The Kier molecular flexibility index (Phi) is 4.65. The number of carbonyl (C=O) groups excluding carboxylic acids is 1. The van der Waals surface area contributed by atoms with Crippen LogP contribution in [-0.2, 0) is 4.79 Å². The van der Waals surface area contributed by atoms with Crippen LogP contribution in [0.5, 0.6) is 5.75 Å². The summed E-state index contributed by atoms with van der Waals surface area (Å²) >= 11 is 3.45. The van der Waals surface area contributed by atoms with Crippen LogP contribution in [0.15, 0.2) is 40.9 Å². The number of rotatable bonds is 4. The van der Waals surface area contributed by atoms with Crippen LogP contribution in [-0.4, -0.2) is 18.1 Å². The molecule has 0 saturated heterocycles. The largest absolute Gasteiger partial charge is 0.481 e. The molecular weight excluding hydrogens is 318 g/mol. The Morgan fingerprint density at radius 2 is 1.75 bits per heavy atom. The Morgan fingerprint density at radius 3 is 2.45 bits per heavy atom. The molecule has 2 aromatic rings. The Balaban J connectivity index is 2.13. The predicted molar refractivity (Wildman–Crippen MR) is 85.0 cm³/mol. The molecule has 3 nitrogen and oxygen atoms in total. The molecule has 0 fully saturated rings. The second kappa shape index (κ2) is 6.27. The molecule has 0 aromatic heterocycles. The van der Waals surface area contributed by atoms with E-state index in [0.29, 0.717) is 5.75 Å². The molecule has 0 spiro atoms. The second-order valence-corrected chi connectivity index (χ2v) is 5.99. The van der Waals surface area contributed by atoms with E-state index in [1.54, 1.807) is 6.92 Å². The van der Waals surface area contributed by atoms with Crippen molar-refractivity contribution in [1.82, 2.24) is 5.32 Å². The summed E-state index contributed by atoms with van der Waals surface area (Å²) in [6.45, 7) is 5.61. The van der Waals surface area contributed by atoms with Crippen LogP contribution in [0, 0.1) is 0 Å². The fourth-order valence-corrected chi connectivity index (χ4v) is 2.31. The maximum atomic E-state index is 11.8. The summed E-state index contributed by atoms with van der Waals surface area (Å²) < 4.78 is 6.74. The molecule has 2 aromatic carbocycles. The molecule has 0 aliphatic heterocycles. The third-order valence-corrected chi connectivity index (χ3v) is 3.38. The van der Waals surface area contributed by atoms with Crippen molar-refractivity contribution in [2.45, 2.75) is 32.9 Å². The first-order chi connectivity index (χ1) is 9.45. The van der Waals surface area contributed by atoms with E-state index < -0.39 is 6.10 Å². The van der Waals surface area contributed by atoms with Crippen LogP contribution in [0.4, 0.5) is 0 Å². The number of halogens is 1. The zero-order valence-electron chi connectivity index (χ0n) is 11.8. The van der Waals surface area contributed by atoms with Crippen molar-refractivity contribution in [2.75, 3.05) is 0 Å². The number of benzene rings is 2. The van der Waals surface area contributed by atoms with Crippen molar-refractivity contribution >= 4 is 32.6 Å². The summed E-state index contributed by atoms with van der Waals surface area (Å²) in [6, 6.07) is 12.0. The summed E-state index contributed by atoms with van der Waals surface area (Å²) in [5, 5.41) is 5.05. The summed E-state index contributed by atoms with van der Waals surface area (Å²) in [7, 11) is 0. The highest BCUT2D eigenvalue weighted by Crippen LogP contribution is 2.24. The molecule has 1 N–H and O–H groups in total. The van der Waals surface area contributed by atoms with Crippen LogP contribution in [0.1, 0.15) is 20.8 Å². The highest BCUT2D eigenvalue weighted by atomic mass is 79.9. The Labute approximate surface area is 127 Å². The molecule has 0 aliphatic rings. The third kappa shape index (κ3) is 3.73. The summed E-state index contributed by atoms with van der Waals surface area (Å²) in [4.78, 5) is 11.8. The Bertz CT molecular complexity index is 625. The fraction of sp³-hybridized carbons (Fsp3) is 0.312. The van der Waals surface area contributed by atoms with Gasteiger partial charge in [-0.2, -0.15) is 0 Å². The van der Waals surface area contributed by atoms with E-state index in [1.165, 1.54) is 0 Å². The zero-order chi connectivity index (χ0) is 14.7. The molecule has 0 radical (unpaired) electrons. The van der Waals surface area contributed by atoms with E-state index in [-0.39, 0.29) is 11.9 Å². The predicted octanol–water partition coefficient (Wildman–Crippen LogP) is 3.89. The topological polar surface area (TPSA) is 38.3 Å². The number of hydrogen-bond donors (Lipinski definition) is 1. The smallest absolute Gasteiger partial charge is 0.260 e. The molecule has 0 heterocycles. The molecule has 1 atom stereocenters. The summed E-state index contributed by atoms with van der Waals surface area (Å²) in [5.41, 5.74) is 0. The third-order valence-electron chi connectivity index (χ3n) is 2.89. The van der Waals surface area contributed by atoms with Crippen LogP contribution < -0.4 is 10.1 Å². The number of nitrogens with one attached hydrogen (secondary N) is 1. The zero-order valence-corrected chi connectivity index (χ0v) is 13.4. The summed E-state index contributed by atoms with van der Waals surface area (Å²) in [5.74, 6) is 0.599. The van der Waals surface area contributed by atoms with Gasteiger partial charge in [-0.3, -0.25) is 4.79 Å². The van der Waals surface area contributed by atoms with Gasteiger partial charge in [0.15, 0.2) is 6.10 Å². The van der Waals surface area contributed by atoms with E-state index >= 15 is 0 Å². The van der Waals surface area contributed by atoms with Gasteiger partial charge in [-0.15, -0.1) is 0 Å². The number of carbonyl (C=O) groups is 1. The molecular formula is C16H18BrNO2. The average molecular weight is 336 g/mol. The van der Waals surface area contributed by atoms with Crippen molar-refractivity contribution < 1.29 is 9.53 Å². The monoisotopic (exact) mass is 335 g/mol. The van der Waals surface area contributed by atoms with Gasteiger partial charge in [0, 0.05) is 10.5 Å². The van der Waals surface area contributed by atoms with Gasteiger partial charge in [0.05, 0.1) is 0 Å². The number of hydrogen-bond acceptors (Lipinski definition) is 2. The van der Waals surface area contributed by atoms with E-state index in [2.05, 4.69) is 21.2 Å². The minimum Gasteiger partial charge on any atom is -0.481 e. The molecule has 0 bridgehead atoms. The van der Waals surface area contributed by atoms with Crippen molar-refractivity contribution in [3.05, 3.63) is 40.9 Å². The van der Waals surface area contributed by atoms with Gasteiger partial charge in [-0.1, -0.05) is 28.1 Å². The normalized spacial score (nSPS) is 12.4. The molecule has 1 unspecified atom stereocenters. The first kappa shape index (κ1) is 14.9. The van der Waals surface area contributed by atoms with E-state index in [4.69, 9.17) is 4.74 Å². The first-order valence-electron chi connectivity index (χ1n) is 6.62. The van der Waals surface area contributed by atoms with Crippen molar-refractivity contribution in [3.63, 3.8) is 0 Å². The lowest BCUT2D eigenvalue weighted by Gasteiger charge is -2.16. The Morgan fingerprint density at radius 1 is 1.10 bits per heavy atom. The number of fused-ring (bicyclic) bond motifs is 1. The van der Waals surface area contributed by atoms with Crippen LogP contribution in [0.2, 0.25) is 0 Å². The number of ether oxygens (including phenoxy) is 1. The highest BCUT2D eigenvalue weighted by molar-refractivity contribution is 9.10. The minimum atomic E-state index is -0.509. The Hall–Kier alpha value is -1.55. The van der Waals surface area contributed by atoms with Gasteiger partial charge in [0.1, 0.15) is 5.75 Å². The maximum Gasteiger partial charge on any atom is 0.260 e. The first-order valence-corrected chi connectivity index (χ1v) is 7.41. The number of amides is 1. The standard InChI is InChI=1S/C16H18BrNO2/c1-10(2)18-16(19)11(3)20-15-7-5-12-8-14(17)6-4-13(12)9-15/h4-11H,1-3H3,(H,18,19). The summed E-state index contributed by atoms with van der Waals surface area (Å²) in [6.07, 6.45) is -0.509. The van der Waals surface area contributed by atoms with Crippen LogP contribution >= 0.6 is 15.9 Å². The molecule has 0 saturated carbocycles. The second-order valence-electron chi connectivity index (χ2n) is 5.08. The van der Waals surface area contributed by atoms with Crippen LogP contribution in [0.25, 0.3) is 10.8 Å². The lowest BCUT2D eigenvalue weighted by Crippen LogP contribution is -2.40. The minimum absolute atomic E-state index is 0.101. The maximum absolute atomic E-state index is 11.8. The van der Waals surface area contributed by atoms with E-state index in [1.807, 2.05) is 50.2 Å². The van der Waals surface area contributed by atoms with Gasteiger partial charge in [0.25, 0.3) is 5.91 Å². The van der Waals surface area contributed by atoms with Gasteiger partial charge in [-0.25, -0.2) is 0 Å². The van der Waals surface area contributed by atoms with E-state index in [9.17, 15) is 4.79 Å².